The summed E-state index contributed by atoms with van der Waals surface area (Å²) in [6.45, 7) is 0. The summed E-state index contributed by atoms with van der Waals surface area (Å²) in [5.74, 6) is 0.710. The molecule has 0 fully saturated rings. The number of thioether (sulfide) groups is 2. The van der Waals surface area contributed by atoms with E-state index in [-0.39, 0.29) is 0 Å². The highest BCUT2D eigenvalue weighted by molar-refractivity contribution is 8.02. The van der Waals surface area contributed by atoms with Crippen LogP contribution >= 0.6 is 58.1 Å². The van der Waals surface area contributed by atoms with Crippen LogP contribution in [0.5, 0.6) is 0 Å². The standard InChI is InChI=1S/C10H8Cl2N2S3/c1-15-9-13-14-10(17-9)16-5-6-7(11)3-2-4-8(6)12/h2-4H,5H2,1H3. The normalized spacial score (nSPS) is 10.8. The molecular formula is C10H8Cl2N2S3. The number of aromatic nitrogens is 2. The average molecular weight is 323 g/mol. The first-order valence-corrected chi connectivity index (χ1v) is 8.42. The molecule has 0 bridgehead atoms. The second kappa shape index (κ2) is 6.29. The van der Waals surface area contributed by atoms with Gasteiger partial charge in [0.25, 0.3) is 0 Å². The van der Waals surface area contributed by atoms with E-state index in [1.165, 1.54) is 0 Å². The number of halogens is 2. The Morgan fingerprint density at radius 1 is 1.18 bits per heavy atom. The zero-order valence-corrected chi connectivity index (χ0v) is 12.8. The van der Waals surface area contributed by atoms with Crippen LogP contribution in [0.25, 0.3) is 0 Å². The zero-order chi connectivity index (χ0) is 12.3. The van der Waals surface area contributed by atoms with E-state index in [4.69, 9.17) is 23.2 Å². The summed E-state index contributed by atoms with van der Waals surface area (Å²) in [5.41, 5.74) is 0.946. The van der Waals surface area contributed by atoms with Crippen molar-refractivity contribution in [2.45, 2.75) is 14.4 Å². The molecule has 0 radical (unpaired) electrons. The lowest BCUT2D eigenvalue weighted by Gasteiger charge is -2.04. The average Bonchev–Trinajstić information content (AvgIpc) is 2.76. The highest BCUT2D eigenvalue weighted by Gasteiger charge is 2.08. The van der Waals surface area contributed by atoms with Gasteiger partial charge in [-0.05, 0) is 24.0 Å². The maximum absolute atomic E-state index is 6.09. The molecule has 0 aliphatic carbocycles. The van der Waals surface area contributed by atoms with Crippen LogP contribution in [0.2, 0.25) is 10.0 Å². The topological polar surface area (TPSA) is 25.8 Å². The second-order valence-corrected chi connectivity index (χ2v) is 7.09. The van der Waals surface area contributed by atoms with Crippen LogP contribution in [0, 0.1) is 0 Å². The third kappa shape index (κ3) is 3.51. The predicted octanol–water partition coefficient (Wildman–Crippen LogP) is 4.86. The van der Waals surface area contributed by atoms with Crippen molar-refractivity contribution in [1.29, 1.82) is 0 Å². The Labute approximate surface area is 122 Å². The molecule has 7 heteroatoms. The highest BCUT2D eigenvalue weighted by atomic mass is 35.5. The number of hydrogen-bond donors (Lipinski definition) is 0. The lowest BCUT2D eigenvalue weighted by atomic mass is 10.2. The van der Waals surface area contributed by atoms with Crippen LogP contribution in [0.3, 0.4) is 0 Å². The van der Waals surface area contributed by atoms with Crippen molar-refractivity contribution in [3.63, 3.8) is 0 Å². The summed E-state index contributed by atoms with van der Waals surface area (Å²) in [7, 11) is 0. The van der Waals surface area contributed by atoms with Crippen LogP contribution in [0.1, 0.15) is 5.56 Å². The van der Waals surface area contributed by atoms with Crippen molar-refractivity contribution in [3.05, 3.63) is 33.8 Å². The molecule has 2 nitrogen and oxygen atoms in total. The zero-order valence-electron chi connectivity index (χ0n) is 8.81. The Balaban J connectivity index is 2.07. The quantitative estimate of drug-likeness (QED) is 0.751. The van der Waals surface area contributed by atoms with Crippen molar-refractivity contribution in [2.75, 3.05) is 6.26 Å². The summed E-state index contributed by atoms with van der Waals surface area (Å²) in [4.78, 5) is 0. The molecule has 1 aromatic carbocycles. The second-order valence-electron chi connectivity index (χ2n) is 3.03. The van der Waals surface area contributed by atoms with Crippen molar-refractivity contribution in [1.82, 2.24) is 10.2 Å². The number of hydrogen-bond acceptors (Lipinski definition) is 5. The Morgan fingerprint density at radius 2 is 1.82 bits per heavy atom. The molecule has 1 aromatic heterocycles. The molecule has 2 rings (SSSR count). The summed E-state index contributed by atoms with van der Waals surface area (Å²) >= 11 is 17.0. The first kappa shape index (κ1) is 13.5. The van der Waals surface area contributed by atoms with Gasteiger partial charge in [0.05, 0.1) is 0 Å². The SMILES string of the molecule is CSc1nnc(SCc2c(Cl)cccc2Cl)s1. The number of nitrogens with zero attached hydrogens (tertiary/aromatic N) is 2. The van der Waals surface area contributed by atoms with Gasteiger partial charge in [-0.15, -0.1) is 10.2 Å². The van der Waals surface area contributed by atoms with Gasteiger partial charge in [0, 0.05) is 15.8 Å². The summed E-state index contributed by atoms with van der Waals surface area (Å²) < 4.78 is 1.91. The van der Waals surface area contributed by atoms with Gasteiger partial charge in [0.2, 0.25) is 0 Å². The van der Waals surface area contributed by atoms with E-state index in [2.05, 4.69) is 10.2 Å². The van der Waals surface area contributed by atoms with E-state index in [1.54, 1.807) is 34.9 Å². The fourth-order valence-corrected chi connectivity index (χ4v) is 4.32. The third-order valence-corrected chi connectivity index (χ3v) is 5.73. The fourth-order valence-electron chi connectivity index (χ4n) is 1.14. The van der Waals surface area contributed by atoms with E-state index < -0.39 is 0 Å². The summed E-state index contributed by atoms with van der Waals surface area (Å²) in [5, 5.41) is 9.51. The minimum Gasteiger partial charge on any atom is -0.131 e. The van der Waals surface area contributed by atoms with Crippen LogP contribution in [0.15, 0.2) is 26.9 Å². The summed E-state index contributed by atoms with van der Waals surface area (Å²) in [6.07, 6.45) is 1.99. The molecule has 90 valence electrons. The van der Waals surface area contributed by atoms with Gasteiger partial charge >= 0.3 is 0 Å². The monoisotopic (exact) mass is 322 g/mol. The molecule has 0 atom stereocenters. The Kier molecular flexibility index (Phi) is 4.99. The van der Waals surface area contributed by atoms with E-state index in [0.29, 0.717) is 15.8 Å². The Bertz CT molecular complexity index is 496. The Hall–Kier alpha value is 0.0600. The molecule has 0 N–H and O–H groups in total. The molecule has 0 aliphatic heterocycles. The van der Waals surface area contributed by atoms with Crippen LogP contribution < -0.4 is 0 Å². The third-order valence-electron chi connectivity index (χ3n) is 1.96. The minimum atomic E-state index is 0.694. The van der Waals surface area contributed by atoms with Crippen molar-refractivity contribution < 1.29 is 0 Å². The van der Waals surface area contributed by atoms with Gasteiger partial charge in [-0.2, -0.15) is 0 Å². The molecule has 17 heavy (non-hydrogen) atoms. The number of benzene rings is 1. The molecular weight excluding hydrogens is 315 g/mol. The van der Waals surface area contributed by atoms with Crippen LogP contribution in [-0.2, 0) is 5.75 Å². The van der Waals surface area contributed by atoms with E-state index in [1.807, 2.05) is 24.5 Å². The molecule has 0 unspecified atom stereocenters. The first-order chi connectivity index (χ1) is 8.20. The van der Waals surface area contributed by atoms with Gasteiger partial charge < -0.3 is 0 Å². The van der Waals surface area contributed by atoms with Crippen molar-refractivity contribution in [2.24, 2.45) is 0 Å². The van der Waals surface area contributed by atoms with Gasteiger partial charge in [-0.1, -0.05) is 64.1 Å². The van der Waals surface area contributed by atoms with Gasteiger partial charge in [-0.3, -0.25) is 0 Å². The lowest BCUT2D eigenvalue weighted by molar-refractivity contribution is 0.955. The maximum Gasteiger partial charge on any atom is 0.175 e. The summed E-state index contributed by atoms with van der Waals surface area (Å²) in [6, 6.07) is 5.53. The highest BCUT2D eigenvalue weighted by Crippen LogP contribution is 2.33. The van der Waals surface area contributed by atoms with E-state index >= 15 is 0 Å². The number of rotatable bonds is 4. The van der Waals surface area contributed by atoms with Crippen LogP contribution in [0.4, 0.5) is 0 Å². The van der Waals surface area contributed by atoms with E-state index in [0.717, 1.165) is 14.2 Å². The molecule has 0 saturated heterocycles. The van der Waals surface area contributed by atoms with Crippen molar-refractivity contribution in [3.8, 4) is 0 Å². The Morgan fingerprint density at radius 3 is 2.41 bits per heavy atom. The fraction of sp³-hybridized carbons (Fsp3) is 0.200. The van der Waals surface area contributed by atoms with Crippen LogP contribution in [-0.4, -0.2) is 16.5 Å². The predicted molar refractivity (Wildman–Crippen MR) is 77.7 cm³/mol. The lowest BCUT2D eigenvalue weighted by Crippen LogP contribution is -1.84. The minimum absolute atomic E-state index is 0.694. The van der Waals surface area contributed by atoms with Gasteiger partial charge in [-0.25, -0.2) is 0 Å². The van der Waals surface area contributed by atoms with Gasteiger partial charge in [0.15, 0.2) is 8.68 Å². The maximum atomic E-state index is 6.09. The molecule has 0 aliphatic rings. The van der Waals surface area contributed by atoms with Gasteiger partial charge in [0.1, 0.15) is 0 Å². The first-order valence-electron chi connectivity index (χ1n) is 4.64. The molecule has 0 amide bonds. The smallest absolute Gasteiger partial charge is 0.131 e. The largest absolute Gasteiger partial charge is 0.175 e. The van der Waals surface area contributed by atoms with E-state index in [9.17, 15) is 0 Å². The van der Waals surface area contributed by atoms with Crippen molar-refractivity contribution >= 4 is 58.1 Å². The molecule has 2 aromatic rings. The molecule has 0 saturated carbocycles. The molecule has 0 spiro atoms. The molecule has 1 heterocycles.